The summed E-state index contributed by atoms with van der Waals surface area (Å²) in [5, 5.41) is 12.8. The normalized spacial score (nSPS) is 31.0. The predicted octanol–water partition coefficient (Wildman–Crippen LogP) is 2.98. The number of rotatable bonds is 4. The van der Waals surface area contributed by atoms with E-state index < -0.39 is 5.97 Å². The van der Waals surface area contributed by atoms with Crippen molar-refractivity contribution in [3.63, 3.8) is 0 Å². The van der Waals surface area contributed by atoms with E-state index in [1.165, 1.54) is 12.1 Å². The second kappa shape index (κ2) is 6.14. The fraction of sp³-hybridized carbons (Fsp3) is 0.562. The van der Waals surface area contributed by atoms with Crippen LogP contribution in [0.4, 0.5) is 4.39 Å². The molecule has 1 spiro atoms. The van der Waals surface area contributed by atoms with Gasteiger partial charge < -0.3 is 15.2 Å². The molecule has 0 amide bonds. The van der Waals surface area contributed by atoms with E-state index in [-0.39, 0.29) is 23.4 Å². The lowest BCUT2D eigenvalue weighted by Gasteiger charge is -2.50. The molecule has 6 heteroatoms. The molecule has 22 heavy (non-hydrogen) atoms. The maximum absolute atomic E-state index is 13.3. The Morgan fingerprint density at radius 2 is 2.18 bits per heavy atom. The minimum atomic E-state index is -0.737. The summed E-state index contributed by atoms with van der Waals surface area (Å²) in [6, 6.07) is 4.76. The summed E-state index contributed by atoms with van der Waals surface area (Å²) in [5.74, 6) is -1.35. The van der Waals surface area contributed by atoms with Crippen LogP contribution in [0.3, 0.4) is 0 Å². The molecule has 0 bridgehead atoms. The Hall–Kier alpha value is -1.17. The number of carbonyl (C=O) groups is 1. The van der Waals surface area contributed by atoms with Crippen molar-refractivity contribution in [1.29, 1.82) is 0 Å². The number of nitrogens with one attached hydrogen (secondary N) is 1. The molecule has 1 aliphatic heterocycles. The highest BCUT2D eigenvalue weighted by Gasteiger charge is 2.50. The SMILES string of the molecule is O=C(O)C1CC2(CC(NCc3cc(F)cc(Cl)c3)CCO2)C1. The first-order valence-electron chi connectivity index (χ1n) is 7.51. The first-order chi connectivity index (χ1) is 10.5. The molecule has 4 nitrogen and oxygen atoms in total. The Kier molecular flexibility index (Phi) is 4.39. The lowest BCUT2D eigenvalue weighted by Crippen LogP contribution is -2.55. The van der Waals surface area contributed by atoms with E-state index in [0.29, 0.717) is 31.0 Å². The Balaban J connectivity index is 1.54. The smallest absolute Gasteiger partial charge is 0.306 e. The Morgan fingerprint density at radius 1 is 1.41 bits per heavy atom. The topological polar surface area (TPSA) is 58.6 Å². The molecule has 1 saturated carbocycles. The van der Waals surface area contributed by atoms with Crippen molar-refractivity contribution < 1.29 is 19.0 Å². The Bertz CT molecular complexity index is 554. The molecule has 120 valence electrons. The molecule has 2 aliphatic rings. The van der Waals surface area contributed by atoms with E-state index in [4.69, 9.17) is 21.4 Å². The molecule has 1 atom stereocenters. The van der Waals surface area contributed by atoms with E-state index in [1.54, 1.807) is 6.07 Å². The van der Waals surface area contributed by atoms with Crippen molar-refractivity contribution in [3.05, 3.63) is 34.6 Å². The molecule has 2 fully saturated rings. The number of benzene rings is 1. The highest BCUT2D eigenvalue weighted by molar-refractivity contribution is 6.30. The third-order valence-electron chi connectivity index (χ3n) is 4.60. The number of halogens is 2. The summed E-state index contributed by atoms with van der Waals surface area (Å²) in [5.41, 5.74) is 0.529. The number of hydrogen-bond donors (Lipinski definition) is 2. The van der Waals surface area contributed by atoms with Gasteiger partial charge in [0.1, 0.15) is 5.82 Å². The maximum atomic E-state index is 13.3. The summed E-state index contributed by atoms with van der Waals surface area (Å²) in [6.45, 7) is 1.18. The molecule has 1 aromatic carbocycles. The van der Waals surface area contributed by atoms with E-state index in [1.807, 2.05) is 0 Å². The monoisotopic (exact) mass is 327 g/mol. The molecule has 0 aromatic heterocycles. The first kappa shape index (κ1) is 15.7. The predicted molar refractivity (Wildman–Crippen MR) is 80.3 cm³/mol. The van der Waals surface area contributed by atoms with Gasteiger partial charge in [-0.3, -0.25) is 4.79 Å². The fourth-order valence-electron chi connectivity index (χ4n) is 3.47. The zero-order valence-corrected chi connectivity index (χ0v) is 12.9. The molecule has 1 heterocycles. The van der Waals surface area contributed by atoms with Crippen molar-refractivity contribution in [1.82, 2.24) is 5.32 Å². The van der Waals surface area contributed by atoms with Gasteiger partial charge in [0.2, 0.25) is 0 Å². The molecule has 1 saturated heterocycles. The van der Waals surface area contributed by atoms with Gasteiger partial charge in [-0.2, -0.15) is 0 Å². The van der Waals surface area contributed by atoms with Gasteiger partial charge in [0.05, 0.1) is 11.5 Å². The van der Waals surface area contributed by atoms with Gasteiger partial charge in [-0.05, 0) is 49.4 Å². The van der Waals surface area contributed by atoms with Crippen molar-refractivity contribution in [2.75, 3.05) is 6.61 Å². The van der Waals surface area contributed by atoms with Crippen LogP contribution in [0, 0.1) is 11.7 Å². The van der Waals surface area contributed by atoms with Gasteiger partial charge in [0, 0.05) is 24.2 Å². The van der Waals surface area contributed by atoms with Crippen LogP contribution in [0.2, 0.25) is 5.02 Å². The zero-order valence-electron chi connectivity index (χ0n) is 12.1. The number of carboxylic acid groups (broad SMARTS) is 1. The van der Waals surface area contributed by atoms with Gasteiger partial charge in [-0.1, -0.05) is 11.6 Å². The molecule has 0 radical (unpaired) electrons. The molecule has 2 N–H and O–H groups in total. The van der Waals surface area contributed by atoms with Crippen LogP contribution in [-0.2, 0) is 16.1 Å². The quantitative estimate of drug-likeness (QED) is 0.892. The summed E-state index contributed by atoms with van der Waals surface area (Å²) < 4.78 is 19.1. The largest absolute Gasteiger partial charge is 0.481 e. The second-order valence-electron chi connectivity index (χ2n) is 6.32. The first-order valence-corrected chi connectivity index (χ1v) is 7.89. The fourth-order valence-corrected chi connectivity index (χ4v) is 3.72. The average Bonchev–Trinajstić information content (AvgIpc) is 2.41. The summed E-state index contributed by atoms with van der Waals surface area (Å²) in [6.07, 6.45) is 2.86. The van der Waals surface area contributed by atoms with Crippen LogP contribution in [0.15, 0.2) is 18.2 Å². The lowest BCUT2D eigenvalue weighted by molar-refractivity contribution is -0.181. The Labute approximate surface area is 133 Å². The molecular formula is C16H19ClFNO3. The second-order valence-corrected chi connectivity index (χ2v) is 6.76. The summed E-state index contributed by atoms with van der Waals surface area (Å²) >= 11 is 5.85. The van der Waals surface area contributed by atoms with Crippen molar-refractivity contribution in [2.45, 2.75) is 43.9 Å². The number of ether oxygens (including phenoxy) is 1. The van der Waals surface area contributed by atoms with E-state index in [9.17, 15) is 9.18 Å². The van der Waals surface area contributed by atoms with E-state index >= 15 is 0 Å². The van der Waals surface area contributed by atoms with Gasteiger partial charge in [0.15, 0.2) is 0 Å². The summed E-state index contributed by atoms with van der Waals surface area (Å²) in [4.78, 5) is 10.9. The molecular weight excluding hydrogens is 309 g/mol. The van der Waals surface area contributed by atoms with Gasteiger partial charge in [-0.15, -0.1) is 0 Å². The van der Waals surface area contributed by atoms with E-state index in [2.05, 4.69) is 5.32 Å². The number of hydrogen-bond acceptors (Lipinski definition) is 3. The highest BCUT2D eigenvalue weighted by Crippen LogP contribution is 2.46. The van der Waals surface area contributed by atoms with Crippen molar-refractivity contribution in [3.8, 4) is 0 Å². The van der Waals surface area contributed by atoms with Crippen LogP contribution in [0.1, 0.15) is 31.2 Å². The molecule has 1 unspecified atom stereocenters. The lowest BCUT2D eigenvalue weighted by atomic mass is 9.66. The zero-order chi connectivity index (χ0) is 15.7. The molecule has 1 aliphatic carbocycles. The van der Waals surface area contributed by atoms with Gasteiger partial charge in [-0.25, -0.2) is 4.39 Å². The minimum absolute atomic E-state index is 0.255. The molecule has 3 rings (SSSR count). The Morgan fingerprint density at radius 3 is 2.86 bits per heavy atom. The van der Waals surface area contributed by atoms with Crippen molar-refractivity contribution >= 4 is 17.6 Å². The van der Waals surface area contributed by atoms with Crippen LogP contribution in [-0.4, -0.2) is 29.3 Å². The van der Waals surface area contributed by atoms with Crippen LogP contribution >= 0.6 is 11.6 Å². The van der Waals surface area contributed by atoms with Gasteiger partial charge in [0.25, 0.3) is 0 Å². The number of carboxylic acids is 1. The van der Waals surface area contributed by atoms with Crippen LogP contribution < -0.4 is 5.32 Å². The molecule has 1 aromatic rings. The summed E-state index contributed by atoms with van der Waals surface area (Å²) in [7, 11) is 0. The van der Waals surface area contributed by atoms with E-state index in [0.717, 1.165) is 18.4 Å². The average molecular weight is 328 g/mol. The van der Waals surface area contributed by atoms with Crippen molar-refractivity contribution in [2.24, 2.45) is 5.92 Å². The third kappa shape index (κ3) is 3.42. The minimum Gasteiger partial charge on any atom is -0.481 e. The van der Waals surface area contributed by atoms with Crippen LogP contribution in [0.5, 0.6) is 0 Å². The number of aliphatic carboxylic acids is 1. The standard InChI is InChI=1S/C16H19ClFNO3/c17-12-3-10(4-13(18)5-12)9-19-14-1-2-22-16(8-14)6-11(7-16)15(20)21/h3-5,11,14,19H,1-2,6-9H2,(H,20,21). The third-order valence-corrected chi connectivity index (χ3v) is 4.81. The maximum Gasteiger partial charge on any atom is 0.306 e. The van der Waals surface area contributed by atoms with Gasteiger partial charge >= 0.3 is 5.97 Å². The van der Waals surface area contributed by atoms with Crippen LogP contribution in [0.25, 0.3) is 0 Å². The highest BCUT2D eigenvalue weighted by atomic mass is 35.5.